The highest BCUT2D eigenvalue weighted by Gasteiger charge is 2.24. The molecule has 0 aliphatic heterocycles. The summed E-state index contributed by atoms with van der Waals surface area (Å²) in [6.07, 6.45) is 1.11. The van der Waals surface area contributed by atoms with Gasteiger partial charge in [0.25, 0.3) is 0 Å². The number of carbonyl (C=O) groups excluding carboxylic acids is 1. The Bertz CT molecular complexity index is 1080. The number of carbonyl (C=O) groups is 1. The van der Waals surface area contributed by atoms with E-state index in [4.69, 9.17) is 4.42 Å². The van der Waals surface area contributed by atoms with E-state index in [9.17, 15) is 14.0 Å². The standard InChI is InChI=1S/C20H15FO3/c1-10-7-16(11(2)22)20-17(8-10)18(23)15-5-3-12-9-13(21)4-6-14(12)19(15)24-20/h4,6-9H,3,5H2,1-2H3. The van der Waals surface area contributed by atoms with Crippen LogP contribution in [0.1, 0.15) is 34.0 Å². The first-order chi connectivity index (χ1) is 11.5. The molecule has 0 N–H and O–H groups in total. The second-order valence-corrected chi connectivity index (χ2v) is 6.29. The predicted molar refractivity (Wildman–Crippen MR) is 90.0 cm³/mol. The second-order valence-electron chi connectivity index (χ2n) is 6.29. The Morgan fingerprint density at radius 2 is 1.96 bits per heavy atom. The lowest BCUT2D eigenvalue weighted by Gasteiger charge is -2.19. The van der Waals surface area contributed by atoms with Crippen molar-refractivity contribution in [3.05, 3.63) is 68.6 Å². The van der Waals surface area contributed by atoms with Crippen LogP contribution in [0.5, 0.6) is 0 Å². The van der Waals surface area contributed by atoms with Crippen LogP contribution in [-0.2, 0) is 12.8 Å². The topological polar surface area (TPSA) is 47.3 Å². The Morgan fingerprint density at radius 1 is 1.17 bits per heavy atom. The predicted octanol–water partition coefficient (Wildman–Crippen LogP) is 4.21. The number of halogens is 1. The largest absolute Gasteiger partial charge is 0.455 e. The van der Waals surface area contributed by atoms with Gasteiger partial charge < -0.3 is 4.42 Å². The molecule has 2 aromatic carbocycles. The molecule has 4 rings (SSSR count). The van der Waals surface area contributed by atoms with E-state index in [1.165, 1.54) is 19.1 Å². The summed E-state index contributed by atoms with van der Waals surface area (Å²) >= 11 is 0. The van der Waals surface area contributed by atoms with Gasteiger partial charge in [-0.3, -0.25) is 9.59 Å². The van der Waals surface area contributed by atoms with Crippen LogP contribution in [0.4, 0.5) is 4.39 Å². The Labute approximate surface area is 137 Å². The Kier molecular flexibility index (Phi) is 3.17. The Hall–Kier alpha value is -2.75. The fourth-order valence-corrected chi connectivity index (χ4v) is 3.44. The lowest BCUT2D eigenvalue weighted by molar-refractivity contribution is 0.101. The summed E-state index contributed by atoms with van der Waals surface area (Å²) in [5.41, 5.74) is 3.61. The maximum atomic E-state index is 13.5. The minimum absolute atomic E-state index is 0.104. The van der Waals surface area contributed by atoms with Crippen molar-refractivity contribution in [2.75, 3.05) is 0 Å². The fraction of sp³-hybridized carbons (Fsp3) is 0.200. The van der Waals surface area contributed by atoms with Gasteiger partial charge in [-0.15, -0.1) is 0 Å². The van der Waals surface area contributed by atoms with E-state index in [0.29, 0.717) is 40.7 Å². The summed E-state index contributed by atoms with van der Waals surface area (Å²) in [6.45, 7) is 3.31. The molecule has 4 heteroatoms. The van der Waals surface area contributed by atoms with Gasteiger partial charge >= 0.3 is 0 Å². The number of hydrogen-bond donors (Lipinski definition) is 0. The molecule has 0 saturated heterocycles. The lowest BCUT2D eigenvalue weighted by Crippen LogP contribution is -2.17. The van der Waals surface area contributed by atoms with Crippen molar-refractivity contribution in [2.24, 2.45) is 0 Å². The molecule has 0 fully saturated rings. The van der Waals surface area contributed by atoms with Crippen molar-refractivity contribution < 1.29 is 13.6 Å². The molecule has 3 aromatic rings. The first-order valence-corrected chi connectivity index (χ1v) is 7.86. The van der Waals surface area contributed by atoms with Gasteiger partial charge in [-0.2, -0.15) is 0 Å². The minimum atomic E-state index is -0.305. The van der Waals surface area contributed by atoms with Crippen molar-refractivity contribution >= 4 is 16.8 Å². The first-order valence-electron chi connectivity index (χ1n) is 7.86. The van der Waals surface area contributed by atoms with Crippen molar-refractivity contribution in [3.63, 3.8) is 0 Å². The Balaban J connectivity index is 2.13. The van der Waals surface area contributed by atoms with Gasteiger partial charge in [-0.1, -0.05) is 0 Å². The van der Waals surface area contributed by atoms with Crippen molar-refractivity contribution in [3.8, 4) is 11.3 Å². The molecule has 0 bridgehead atoms. The fourth-order valence-electron chi connectivity index (χ4n) is 3.44. The van der Waals surface area contributed by atoms with Crippen molar-refractivity contribution in [1.29, 1.82) is 0 Å². The summed E-state index contributed by atoms with van der Waals surface area (Å²) in [5, 5.41) is 0.435. The van der Waals surface area contributed by atoms with E-state index in [2.05, 4.69) is 0 Å². The minimum Gasteiger partial charge on any atom is -0.455 e. The van der Waals surface area contributed by atoms with E-state index in [1.54, 1.807) is 18.2 Å². The SMILES string of the molecule is CC(=O)c1cc(C)cc2c(=O)c3c(oc12)-c1ccc(F)cc1CC3. The number of hydrogen-bond acceptors (Lipinski definition) is 3. The zero-order valence-electron chi connectivity index (χ0n) is 13.4. The molecule has 24 heavy (non-hydrogen) atoms. The van der Waals surface area contributed by atoms with Gasteiger partial charge in [-0.05, 0) is 68.1 Å². The molecule has 0 radical (unpaired) electrons. The van der Waals surface area contributed by atoms with Gasteiger partial charge in [0.15, 0.2) is 11.2 Å². The highest BCUT2D eigenvalue weighted by atomic mass is 19.1. The van der Waals surface area contributed by atoms with Gasteiger partial charge in [0.1, 0.15) is 17.2 Å². The molecule has 1 aliphatic carbocycles. The van der Waals surface area contributed by atoms with Crippen LogP contribution in [0, 0.1) is 12.7 Å². The van der Waals surface area contributed by atoms with Gasteiger partial charge in [0, 0.05) is 11.1 Å². The molecule has 120 valence electrons. The van der Waals surface area contributed by atoms with Crippen LogP contribution in [0.3, 0.4) is 0 Å². The summed E-state index contributed by atoms with van der Waals surface area (Å²) in [6, 6.07) is 7.96. The van der Waals surface area contributed by atoms with Gasteiger partial charge in [0.05, 0.1) is 10.9 Å². The zero-order valence-corrected chi connectivity index (χ0v) is 13.4. The summed E-state index contributed by atoms with van der Waals surface area (Å²) in [4.78, 5) is 24.9. The first kappa shape index (κ1) is 14.8. The third-order valence-electron chi connectivity index (χ3n) is 4.57. The van der Waals surface area contributed by atoms with Crippen LogP contribution < -0.4 is 5.43 Å². The van der Waals surface area contributed by atoms with Crippen LogP contribution in [0.15, 0.2) is 39.5 Å². The van der Waals surface area contributed by atoms with E-state index in [0.717, 1.165) is 16.7 Å². The number of ketones is 1. The summed E-state index contributed by atoms with van der Waals surface area (Å²) in [5.74, 6) is 0.00225. The van der Waals surface area contributed by atoms with Gasteiger partial charge in [0.2, 0.25) is 0 Å². The van der Waals surface area contributed by atoms with Crippen molar-refractivity contribution in [1.82, 2.24) is 0 Å². The molecule has 3 nitrogen and oxygen atoms in total. The average Bonchev–Trinajstić information content (AvgIpc) is 2.54. The third-order valence-corrected chi connectivity index (χ3v) is 4.57. The average molecular weight is 322 g/mol. The van der Waals surface area contributed by atoms with Crippen LogP contribution >= 0.6 is 0 Å². The van der Waals surface area contributed by atoms with E-state index >= 15 is 0 Å². The van der Waals surface area contributed by atoms with E-state index in [1.807, 2.05) is 6.92 Å². The number of Topliss-reactive ketones (excluding diaryl/α,β-unsaturated/α-hetero) is 1. The van der Waals surface area contributed by atoms with Gasteiger partial charge in [-0.25, -0.2) is 4.39 Å². The second kappa shape index (κ2) is 5.13. The normalized spacial score (nSPS) is 12.8. The number of aryl methyl sites for hydroxylation is 2. The number of fused-ring (bicyclic) bond motifs is 4. The van der Waals surface area contributed by atoms with Crippen LogP contribution in [0.2, 0.25) is 0 Å². The summed E-state index contributed by atoms with van der Waals surface area (Å²) in [7, 11) is 0. The molecule has 0 unspecified atom stereocenters. The molecule has 0 atom stereocenters. The lowest BCUT2D eigenvalue weighted by atomic mass is 9.88. The summed E-state index contributed by atoms with van der Waals surface area (Å²) < 4.78 is 19.5. The van der Waals surface area contributed by atoms with Crippen LogP contribution in [-0.4, -0.2) is 5.78 Å². The number of benzene rings is 2. The molecule has 0 spiro atoms. The molecule has 1 heterocycles. The highest BCUT2D eigenvalue weighted by molar-refractivity contribution is 6.05. The van der Waals surface area contributed by atoms with E-state index < -0.39 is 0 Å². The van der Waals surface area contributed by atoms with Crippen LogP contribution in [0.25, 0.3) is 22.3 Å². The number of rotatable bonds is 1. The smallest absolute Gasteiger partial charge is 0.196 e. The quantitative estimate of drug-likeness (QED) is 0.631. The molecule has 1 aliphatic rings. The third kappa shape index (κ3) is 2.10. The zero-order chi connectivity index (χ0) is 17.0. The molecular weight excluding hydrogens is 307 g/mol. The molecule has 0 amide bonds. The van der Waals surface area contributed by atoms with Crippen molar-refractivity contribution in [2.45, 2.75) is 26.7 Å². The Morgan fingerprint density at radius 3 is 2.71 bits per heavy atom. The highest BCUT2D eigenvalue weighted by Crippen LogP contribution is 2.35. The molecule has 1 aromatic heterocycles. The molecule has 0 saturated carbocycles. The maximum absolute atomic E-state index is 13.5. The monoisotopic (exact) mass is 322 g/mol. The molecular formula is C20H15FO3. The van der Waals surface area contributed by atoms with E-state index in [-0.39, 0.29) is 17.0 Å². The maximum Gasteiger partial charge on any atom is 0.196 e.